The molecule has 0 aliphatic carbocycles. The third kappa shape index (κ3) is 2.90. The molecule has 0 atom stereocenters. The van der Waals surface area contributed by atoms with Gasteiger partial charge >= 0.3 is 0 Å². The van der Waals surface area contributed by atoms with E-state index in [0.717, 1.165) is 50.0 Å². The Bertz CT molecular complexity index is 1480. The molecule has 29 heavy (non-hydrogen) atoms. The number of pyridine rings is 2. The fourth-order valence-electron chi connectivity index (χ4n) is 3.89. The lowest BCUT2D eigenvalue weighted by molar-refractivity contribution is -0.660. The maximum absolute atomic E-state index is 7.60. The van der Waals surface area contributed by atoms with Gasteiger partial charge in [0.1, 0.15) is 7.05 Å². The molecule has 0 unspecified atom stereocenters. The Morgan fingerprint density at radius 1 is 0.897 bits per heavy atom. The number of hydrogen-bond donors (Lipinski definition) is 0. The monoisotopic (exact) mass is 382 g/mol. The molecule has 142 valence electrons. The minimum atomic E-state index is -2.10. The SMILES string of the molecule is [2H]C([2H])([2H])c1ccc(-c2cc[n+](C)c(-c3c(C)ccc4c3oc3nc(C)ccc34)c2)cc1. The molecule has 0 bridgehead atoms. The zero-order valence-electron chi connectivity index (χ0n) is 19.7. The topological polar surface area (TPSA) is 29.9 Å². The zero-order chi connectivity index (χ0) is 22.6. The summed E-state index contributed by atoms with van der Waals surface area (Å²) in [5.41, 5.74) is 7.86. The van der Waals surface area contributed by atoms with Gasteiger partial charge in [-0.2, -0.15) is 0 Å². The highest BCUT2D eigenvalue weighted by atomic mass is 16.3. The van der Waals surface area contributed by atoms with Gasteiger partial charge < -0.3 is 4.42 Å². The lowest BCUT2D eigenvalue weighted by atomic mass is 9.98. The number of benzene rings is 2. The van der Waals surface area contributed by atoms with Crippen molar-refractivity contribution >= 4 is 22.1 Å². The molecule has 2 aromatic carbocycles. The predicted octanol–water partition coefficient (Wildman–Crippen LogP) is 6.06. The predicted molar refractivity (Wildman–Crippen MR) is 118 cm³/mol. The van der Waals surface area contributed by atoms with E-state index in [0.29, 0.717) is 11.3 Å². The van der Waals surface area contributed by atoms with E-state index in [1.54, 1.807) is 12.1 Å². The third-order valence-electron chi connectivity index (χ3n) is 5.48. The molecule has 0 saturated carbocycles. The molecule has 3 heteroatoms. The molecule has 0 saturated heterocycles. The van der Waals surface area contributed by atoms with E-state index in [-0.39, 0.29) is 0 Å². The van der Waals surface area contributed by atoms with Crippen molar-refractivity contribution in [2.24, 2.45) is 7.05 Å². The summed E-state index contributed by atoms with van der Waals surface area (Å²) in [6.45, 7) is 1.94. The van der Waals surface area contributed by atoms with Crippen LogP contribution in [0.4, 0.5) is 0 Å². The lowest BCUT2D eigenvalue weighted by Crippen LogP contribution is -2.30. The van der Waals surface area contributed by atoms with Gasteiger partial charge in [0, 0.05) is 32.7 Å². The van der Waals surface area contributed by atoms with Crippen LogP contribution in [0.1, 0.15) is 20.9 Å². The highest BCUT2D eigenvalue weighted by Crippen LogP contribution is 2.37. The summed E-state index contributed by atoms with van der Waals surface area (Å²) < 4.78 is 31.1. The number of fused-ring (bicyclic) bond motifs is 3. The Hall–Kier alpha value is -3.46. The quantitative estimate of drug-likeness (QED) is 0.347. The zero-order valence-corrected chi connectivity index (χ0v) is 16.7. The van der Waals surface area contributed by atoms with Crippen molar-refractivity contribution in [3.63, 3.8) is 0 Å². The van der Waals surface area contributed by atoms with Crippen LogP contribution in [0.5, 0.6) is 0 Å². The summed E-state index contributed by atoms with van der Waals surface area (Å²) in [5, 5.41) is 2.05. The summed E-state index contributed by atoms with van der Waals surface area (Å²) in [6.07, 6.45) is 2.02. The van der Waals surface area contributed by atoms with Crippen LogP contribution < -0.4 is 4.57 Å². The first-order valence-electron chi connectivity index (χ1n) is 11.1. The number of furan rings is 1. The highest BCUT2D eigenvalue weighted by Gasteiger charge is 2.21. The number of hydrogen-bond acceptors (Lipinski definition) is 2. The molecule has 5 aromatic rings. The molecule has 0 radical (unpaired) electrons. The summed E-state index contributed by atoms with van der Waals surface area (Å²) in [5.74, 6) is 0. The summed E-state index contributed by atoms with van der Waals surface area (Å²) in [6, 6.07) is 19.5. The van der Waals surface area contributed by atoms with Crippen LogP contribution in [0.3, 0.4) is 0 Å². The Labute approximate surface area is 174 Å². The molecule has 3 nitrogen and oxygen atoms in total. The summed E-state index contributed by atoms with van der Waals surface area (Å²) in [4.78, 5) is 4.57. The molecule has 0 N–H and O–H groups in total. The van der Waals surface area contributed by atoms with E-state index in [2.05, 4.69) is 40.7 Å². The van der Waals surface area contributed by atoms with Crippen molar-refractivity contribution in [2.45, 2.75) is 20.7 Å². The van der Waals surface area contributed by atoms with E-state index >= 15 is 0 Å². The second-order valence-corrected chi connectivity index (χ2v) is 7.53. The second-order valence-electron chi connectivity index (χ2n) is 7.53. The van der Waals surface area contributed by atoms with Crippen LogP contribution in [0.15, 0.2) is 71.3 Å². The lowest BCUT2D eigenvalue weighted by Gasteiger charge is -2.08. The molecular weight excluding hydrogens is 356 g/mol. The molecule has 0 amide bonds. The molecule has 3 aromatic heterocycles. The van der Waals surface area contributed by atoms with Crippen LogP contribution in [0.2, 0.25) is 0 Å². The van der Waals surface area contributed by atoms with Crippen molar-refractivity contribution < 1.29 is 13.1 Å². The number of aryl methyl sites for hydroxylation is 4. The van der Waals surface area contributed by atoms with Crippen LogP contribution in [-0.2, 0) is 7.05 Å². The average Bonchev–Trinajstić information content (AvgIpc) is 3.11. The molecule has 5 rings (SSSR count). The smallest absolute Gasteiger partial charge is 0.227 e. The van der Waals surface area contributed by atoms with E-state index in [9.17, 15) is 0 Å². The Morgan fingerprint density at radius 2 is 1.69 bits per heavy atom. The Kier molecular flexibility index (Phi) is 3.28. The minimum Gasteiger partial charge on any atom is -0.437 e. The summed E-state index contributed by atoms with van der Waals surface area (Å²) in [7, 11) is 2.01. The average molecular weight is 383 g/mol. The van der Waals surface area contributed by atoms with Crippen molar-refractivity contribution in [2.75, 3.05) is 0 Å². The highest BCUT2D eigenvalue weighted by molar-refractivity contribution is 6.08. The van der Waals surface area contributed by atoms with Crippen LogP contribution in [0, 0.1) is 20.7 Å². The van der Waals surface area contributed by atoms with Crippen LogP contribution in [0.25, 0.3) is 44.5 Å². The van der Waals surface area contributed by atoms with Gasteiger partial charge in [0.05, 0.1) is 5.56 Å². The van der Waals surface area contributed by atoms with Gasteiger partial charge in [-0.3, -0.25) is 0 Å². The van der Waals surface area contributed by atoms with Crippen molar-refractivity contribution in [1.29, 1.82) is 0 Å². The maximum atomic E-state index is 7.60. The van der Waals surface area contributed by atoms with Gasteiger partial charge in [-0.25, -0.2) is 9.55 Å². The number of nitrogens with zero attached hydrogens (tertiary/aromatic N) is 2. The fraction of sp³-hybridized carbons (Fsp3) is 0.154. The van der Waals surface area contributed by atoms with Crippen LogP contribution in [-0.4, -0.2) is 4.98 Å². The van der Waals surface area contributed by atoms with Crippen LogP contribution >= 0.6 is 0 Å². The number of rotatable bonds is 2. The first kappa shape index (κ1) is 14.5. The minimum absolute atomic E-state index is 0.341. The first-order valence-corrected chi connectivity index (χ1v) is 9.63. The number of aromatic nitrogens is 2. The molecule has 3 heterocycles. The molecule has 0 fully saturated rings. The van der Waals surface area contributed by atoms with Gasteiger partial charge in [0.15, 0.2) is 11.8 Å². The van der Waals surface area contributed by atoms with E-state index in [1.807, 2.05) is 44.4 Å². The standard InChI is InChI=1S/C26H23N2O/c1-16-5-9-19(10-6-16)20-13-14-28(4)23(15-20)24-17(2)7-11-21-22-12-8-18(3)27-26(22)29-25(21)24/h5-15H,1-4H3/q+1/i1D3. The first-order chi connectivity index (χ1) is 15.2. The van der Waals surface area contributed by atoms with Crippen molar-refractivity contribution in [3.8, 4) is 22.4 Å². The second kappa shape index (κ2) is 6.56. The third-order valence-corrected chi connectivity index (χ3v) is 5.48. The van der Waals surface area contributed by atoms with Gasteiger partial charge in [-0.05, 0) is 49.5 Å². The maximum Gasteiger partial charge on any atom is 0.227 e. The Balaban J connectivity index is 1.70. The van der Waals surface area contributed by atoms with Gasteiger partial charge in [0.25, 0.3) is 0 Å². The van der Waals surface area contributed by atoms with E-state index in [1.165, 1.54) is 0 Å². The summed E-state index contributed by atoms with van der Waals surface area (Å²) >= 11 is 0. The fourth-order valence-corrected chi connectivity index (χ4v) is 3.89. The molecule has 0 aliphatic rings. The Morgan fingerprint density at radius 3 is 2.48 bits per heavy atom. The normalized spacial score (nSPS) is 13.4. The largest absolute Gasteiger partial charge is 0.437 e. The van der Waals surface area contributed by atoms with Crippen molar-refractivity contribution in [1.82, 2.24) is 4.98 Å². The van der Waals surface area contributed by atoms with Crippen molar-refractivity contribution in [3.05, 3.63) is 83.7 Å². The van der Waals surface area contributed by atoms with E-state index in [4.69, 9.17) is 8.53 Å². The molecular formula is C26H23N2O+. The van der Waals surface area contributed by atoms with Gasteiger partial charge in [-0.1, -0.05) is 42.0 Å². The van der Waals surface area contributed by atoms with E-state index < -0.39 is 6.85 Å². The van der Waals surface area contributed by atoms with Gasteiger partial charge in [0.2, 0.25) is 11.4 Å². The molecule has 0 spiro atoms. The van der Waals surface area contributed by atoms with Gasteiger partial charge in [-0.15, -0.1) is 0 Å². The molecule has 0 aliphatic heterocycles.